The molecule has 2 N–H and O–H groups in total. The highest BCUT2D eigenvalue weighted by Gasteiger charge is 2.45. The lowest BCUT2D eigenvalue weighted by Crippen LogP contribution is -2.57. The van der Waals surface area contributed by atoms with Gasteiger partial charge in [-0.15, -0.1) is 0 Å². The molecular weight excluding hydrogens is 349 g/mol. The number of halogens is 2. The van der Waals surface area contributed by atoms with Gasteiger partial charge in [-0.05, 0) is 38.0 Å². The second-order valence-electron chi connectivity index (χ2n) is 6.89. The highest BCUT2D eigenvalue weighted by Crippen LogP contribution is 2.38. The first-order valence-corrected chi connectivity index (χ1v) is 9.01. The molecule has 2 aliphatic carbocycles. The van der Waals surface area contributed by atoms with E-state index in [9.17, 15) is 14.3 Å². The molecule has 5 nitrogen and oxygen atoms in total. The third-order valence-corrected chi connectivity index (χ3v) is 5.69. The first kappa shape index (κ1) is 18.3. The standard InChI is InChI=1S/C18H23ClFNO4/c1-24-17(23)18(6-3-7-18)21-9-12-14(25-10-11-4-2-5-11)8-13(22)15(19)16(12)20/h8,11,21-22H,2-7,9-10H2,1H3. The summed E-state index contributed by atoms with van der Waals surface area (Å²) in [5.41, 5.74) is -0.561. The van der Waals surface area contributed by atoms with Crippen molar-refractivity contribution in [3.05, 3.63) is 22.5 Å². The molecule has 0 saturated heterocycles. The molecule has 0 aromatic heterocycles. The van der Waals surface area contributed by atoms with Crippen LogP contribution < -0.4 is 10.1 Å². The minimum Gasteiger partial charge on any atom is -0.506 e. The van der Waals surface area contributed by atoms with E-state index < -0.39 is 11.4 Å². The van der Waals surface area contributed by atoms with Crippen molar-refractivity contribution in [3.8, 4) is 11.5 Å². The maximum absolute atomic E-state index is 14.6. The third-order valence-electron chi connectivity index (χ3n) is 5.33. The molecule has 0 bridgehead atoms. The summed E-state index contributed by atoms with van der Waals surface area (Å²) in [6.07, 6.45) is 5.58. The summed E-state index contributed by atoms with van der Waals surface area (Å²) in [5.74, 6) is -0.691. The van der Waals surface area contributed by atoms with Gasteiger partial charge in [0.25, 0.3) is 0 Å². The fourth-order valence-electron chi connectivity index (χ4n) is 3.22. The lowest BCUT2D eigenvalue weighted by Gasteiger charge is -2.39. The Morgan fingerprint density at radius 2 is 2.16 bits per heavy atom. The molecule has 2 saturated carbocycles. The number of esters is 1. The number of methoxy groups -OCH3 is 1. The quantitative estimate of drug-likeness (QED) is 0.717. The van der Waals surface area contributed by atoms with Crippen molar-refractivity contribution in [3.63, 3.8) is 0 Å². The minimum atomic E-state index is -0.781. The second kappa shape index (κ2) is 7.38. The SMILES string of the molecule is COC(=O)C1(NCc2c(OCC3CCC3)cc(O)c(Cl)c2F)CCC1. The molecule has 0 atom stereocenters. The van der Waals surface area contributed by atoms with Crippen LogP contribution in [0.25, 0.3) is 0 Å². The van der Waals surface area contributed by atoms with Gasteiger partial charge in [0.05, 0.1) is 13.7 Å². The average molecular weight is 372 g/mol. The van der Waals surface area contributed by atoms with Crippen molar-refractivity contribution in [1.29, 1.82) is 0 Å². The van der Waals surface area contributed by atoms with Crippen molar-refractivity contribution in [2.75, 3.05) is 13.7 Å². The Morgan fingerprint density at radius 3 is 2.68 bits per heavy atom. The summed E-state index contributed by atoms with van der Waals surface area (Å²) < 4.78 is 25.2. The number of carbonyl (C=O) groups is 1. The van der Waals surface area contributed by atoms with Crippen LogP contribution in [0.3, 0.4) is 0 Å². The van der Waals surface area contributed by atoms with Crippen LogP contribution in [-0.4, -0.2) is 30.3 Å². The molecular formula is C18H23ClFNO4. The van der Waals surface area contributed by atoms with Crippen molar-refractivity contribution in [2.24, 2.45) is 5.92 Å². The Kier molecular flexibility index (Phi) is 5.39. The fourth-order valence-corrected chi connectivity index (χ4v) is 3.39. The Bertz CT molecular complexity index is 659. The molecule has 25 heavy (non-hydrogen) atoms. The van der Waals surface area contributed by atoms with E-state index in [-0.39, 0.29) is 34.6 Å². The predicted molar refractivity (Wildman–Crippen MR) is 91.3 cm³/mol. The van der Waals surface area contributed by atoms with E-state index in [1.807, 2.05) is 0 Å². The zero-order valence-corrected chi connectivity index (χ0v) is 15.0. The van der Waals surface area contributed by atoms with Gasteiger partial charge in [0.1, 0.15) is 22.1 Å². The summed E-state index contributed by atoms with van der Waals surface area (Å²) in [6.45, 7) is 0.552. The van der Waals surface area contributed by atoms with Crippen LogP contribution in [0.5, 0.6) is 11.5 Å². The monoisotopic (exact) mass is 371 g/mol. The smallest absolute Gasteiger partial charge is 0.326 e. The highest BCUT2D eigenvalue weighted by molar-refractivity contribution is 6.32. The van der Waals surface area contributed by atoms with E-state index in [0.29, 0.717) is 25.4 Å². The summed E-state index contributed by atoms with van der Waals surface area (Å²) in [6, 6.07) is 1.34. The largest absolute Gasteiger partial charge is 0.506 e. The van der Waals surface area contributed by atoms with Crippen LogP contribution >= 0.6 is 11.6 Å². The molecule has 1 aromatic rings. The lowest BCUT2D eigenvalue weighted by atomic mass is 9.76. The van der Waals surface area contributed by atoms with Gasteiger partial charge in [-0.2, -0.15) is 0 Å². The molecule has 2 aliphatic rings. The third kappa shape index (κ3) is 3.55. The maximum atomic E-state index is 14.6. The van der Waals surface area contributed by atoms with Gasteiger partial charge in [0, 0.05) is 18.2 Å². The Labute approximate surface area is 151 Å². The molecule has 0 radical (unpaired) electrons. The number of hydrogen-bond acceptors (Lipinski definition) is 5. The number of nitrogens with one attached hydrogen (secondary N) is 1. The predicted octanol–water partition coefficient (Wildman–Crippen LogP) is 3.55. The number of benzene rings is 1. The van der Waals surface area contributed by atoms with E-state index in [4.69, 9.17) is 21.1 Å². The number of phenolic OH excluding ortho intramolecular Hbond substituents is 1. The number of ether oxygens (including phenoxy) is 2. The van der Waals surface area contributed by atoms with Gasteiger partial charge in [-0.1, -0.05) is 18.0 Å². The van der Waals surface area contributed by atoms with E-state index in [1.165, 1.54) is 19.6 Å². The Hall–Kier alpha value is -1.53. The van der Waals surface area contributed by atoms with E-state index >= 15 is 0 Å². The molecule has 138 valence electrons. The normalized spacial score (nSPS) is 19.0. The Morgan fingerprint density at radius 1 is 1.44 bits per heavy atom. The molecule has 1 aromatic carbocycles. The molecule has 0 heterocycles. The number of carbonyl (C=O) groups excluding carboxylic acids is 1. The van der Waals surface area contributed by atoms with Crippen molar-refractivity contribution in [1.82, 2.24) is 5.32 Å². The van der Waals surface area contributed by atoms with Gasteiger partial charge in [-0.3, -0.25) is 10.1 Å². The molecule has 2 fully saturated rings. The van der Waals surface area contributed by atoms with Crippen LogP contribution in [-0.2, 0) is 16.1 Å². The van der Waals surface area contributed by atoms with Crippen LogP contribution in [0.1, 0.15) is 44.1 Å². The minimum absolute atomic E-state index is 0.0704. The van der Waals surface area contributed by atoms with Crippen LogP contribution in [0.2, 0.25) is 5.02 Å². The number of aromatic hydroxyl groups is 1. The number of hydrogen-bond donors (Lipinski definition) is 2. The summed E-state index contributed by atoms with van der Waals surface area (Å²) in [5, 5.41) is 12.6. The first-order chi connectivity index (χ1) is 12.0. The van der Waals surface area contributed by atoms with Crippen molar-refractivity contribution < 1.29 is 23.8 Å². The second-order valence-corrected chi connectivity index (χ2v) is 7.27. The zero-order chi connectivity index (χ0) is 18.0. The summed E-state index contributed by atoms with van der Waals surface area (Å²) in [4.78, 5) is 12.0. The Balaban J connectivity index is 1.78. The highest BCUT2D eigenvalue weighted by atomic mass is 35.5. The molecule has 0 amide bonds. The number of rotatable bonds is 7. The van der Waals surface area contributed by atoms with Crippen molar-refractivity contribution in [2.45, 2.75) is 50.6 Å². The van der Waals surface area contributed by atoms with E-state index in [2.05, 4.69) is 5.32 Å². The van der Waals surface area contributed by atoms with Crippen molar-refractivity contribution >= 4 is 17.6 Å². The number of phenols is 1. The average Bonchev–Trinajstić information content (AvgIpc) is 2.52. The molecule has 0 unspecified atom stereocenters. The lowest BCUT2D eigenvalue weighted by molar-refractivity contribution is -0.152. The molecule has 7 heteroatoms. The zero-order valence-electron chi connectivity index (χ0n) is 14.2. The van der Waals surface area contributed by atoms with E-state index in [1.54, 1.807) is 0 Å². The van der Waals surface area contributed by atoms with Gasteiger partial charge >= 0.3 is 5.97 Å². The fraction of sp³-hybridized carbons (Fsp3) is 0.611. The van der Waals surface area contributed by atoms with Crippen LogP contribution in [0, 0.1) is 11.7 Å². The van der Waals surface area contributed by atoms with Crippen LogP contribution in [0.4, 0.5) is 4.39 Å². The summed E-state index contributed by atoms with van der Waals surface area (Å²) in [7, 11) is 1.34. The summed E-state index contributed by atoms with van der Waals surface area (Å²) >= 11 is 5.84. The maximum Gasteiger partial charge on any atom is 0.326 e. The van der Waals surface area contributed by atoms with E-state index in [0.717, 1.165) is 19.3 Å². The molecule has 0 spiro atoms. The topological polar surface area (TPSA) is 67.8 Å². The van der Waals surface area contributed by atoms with Gasteiger partial charge in [0.15, 0.2) is 5.82 Å². The van der Waals surface area contributed by atoms with Gasteiger partial charge in [-0.25, -0.2) is 4.39 Å². The van der Waals surface area contributed by atoms with Gasteiger partial charge in [0.2, 0.25) is 0 Å². The van der Waals surface area contributed by atoms with Crippen LogP contribution in [0.15, 0.2) is 6.07 Å². The molecule has 0 aliphatic heterocycles. The van der Waals surface area contributed by atoms with Gasteiger partial charge < -0.3 is 14.6 Å². The first-order valence-electron chi connectivity index (χ1n) is 8.63. The molecule has 3 rings (SSSR count).